The van der Waals surface area contributed by atoms with Crippen molar-refractivity contribution in [3.8, 4) is 5.88 Å². The maximum atomic E-state index is 12.8. The van der Waals surface area contributed by atoms with Gasteiger partial charge in [-0.25, -0.2) is 19.3 Å². The summed E-state index contributed by atoms with van der Waals surface area (Å²) in [6.07, 6.45) is 6.72. The normalized spacial score (nSPS) is 17.8. The molecule has 5 aromatic rings. The third-order valence-electron chi connectivity index (χ3n) is 8.68. The second-order valence-corrected chi connectivity index (χ2v) is 13.6. The molecule has 0 aliphatic carbocycles. The number of ether oxygens (including phenoxy) is 3. The van der Waals surface area contributed by atoms with Crippen molar-refractivity contribution in [1.82, 2.24) is 29.0 Å². The van der Waals surface area contributed by atoms with Crippen molar-refractivity contribution in [2.75, 3.05) is 19.7 Å². The van der Waals surface area contributed by atoms with E-state index in [1.54, 1.807) is 10.7 Å². The van der Waals surface area contributed by atoms with Crippen molar-refractivity contribution >= 4 is 34.1 Å². The van der Waals surface area contributed by atoms with Crippen molar-refractivity contribution in [2.45, 2.75) is 77.4 Å². The fourth-order valence-electron chi connectivity index (χ4n) is 6.16. The Morgan fingerprint density at radius 2 is 1.87 bits per heavy atom. The predicted octanol–water partition coefficient (Wildman–Crippen LogP) is 6.44. The molecule has 0 amide bonds. The summed E-state index contributed by atoms with van der Waals surface area (Å²) in [5, 5.41) is 4.84. The highest BCUT2D eigenvalue weighted by atomic mass is 35.5. The summed E-state index contributed by atoms with van der Waals surface area (Å²) >= 11 is 6.25. The second-order valence-electron chi connectivity index (χ2n) is 13.2. The van der Waals surface area contributed by atoms with Crippen LogP contribution in [0.5, 0.6) is 5.88 Å². The molecular formula is C35H39ClN6O4. The third-order valence-corrected chi connectivity index (χ3v) is 8.97. The number of aromatic nitrogens is 5. The quantitative estimate of drug-likeness (QED) is 0.170. The lowest BCUT2D eigenvalue weighted by Gasteiger charge is -2.32. The number of rotatable bonds is 9. The van der Waals surface area contributed by atoms with Gasteiger partial charge in [0.1, 0.15) is 18.0 Å². The van der Waals surface area contributed by atoms with Gasteiger partial charge in [0.15, 0.2) is 0 Å². The first-order valence-corrected chi connectivity index (χ1v) is 16.3. The molecule has 2 aliphatic rings. The Labute approximate surface area is 273 Å². The lowest BCUT2D eigenvalue weighted by molar-refractivity contribution is -0.0592. The number of pyridine rings is 2. The van der Waals surface area contributed by atoms with E-state index in [1.807, 2.05) is 69.4 Å². The van der Waals surface area contributed by atoms with E-state index < -0.39 is 5.60 Å². The van der Waals surface area contributed by atoms with Gasteiger partial charge in [-0.15, -0.1) is 0 Å². The molecule has 2 saturated heterocycles. The second kappa shape index (κ2) is 12.7. The summed E-state index contributed by atoms with van der Waals surface area (Å²) in [6, 6.07) is 15.6. The van der Waals surface area contributed by atoms with Gasteiger partial charge in [-0.1, -0.05) is 17.7 Å². The SMILES string of the molecule is CC(C)(C)OC(=O)c1ccc2nc(CN3CCC(c4cccc(OCc5ccn6ncc(Cl)c6c5)n4)CC3)n(C[C@@H]3CCO3)c2c1. The van der Waals surface area contributed by atoms with Gasteiger partial charge in [0, 0.05) is 30.5 Å². The number of hydrogen-bond donors (Lipinski definition) is 0. The molecule has 0 spiro atoms. The summed E-state index contributed by atoms with van der Waals surface area (Å²) in [6.45, 7) is 10.2. The van der Waals surface area contributed by atoms with E-state index in [0.29, 0.717) is 29.0 Å². The highest BCUT2D eigenvalue weighted by molar-refractivity contribution is 6.33. The molecule has 4 aromatic heterocycles. The maximum absolute atomic E-state index is 12.8. The van der Waals surface area contributed by atoms with Crippen molar-refractivity contribution in [2.24, 2.45) is 0 Å². The van der Waals surface area contributed by atoms with Crippen LogP contribution in [0.4, 0.5) is 0 Å². The van der Waals surface area contributed by atoms with Crippen LogP contribution in [0, 0.1) is 0 Å². The number of nitrogens with zero attached hydrogens (tertiary/aromatic N) is 6. The Morgan fingerprint density at radius 1 is 1.04 bits per heavy atom. The molecule has 11 heteroatoms. The predicted molar refractivity (Wildman–Crippen MR) is 175 cm³/mol. The highest BCUT2D eigenvalue weighted by Gasteiger charge is 2.27. The number of carbonyl (C=O) groups is 1. The van der Waals surface area contributed by atoms with Gasteiger partial charge in [0.2, 0.25) is 5.88 Å². The van der Waals surface area contributed by atoms with Crippen LogP contribution in [0.2, 0.25) is 5.02 Å². The van der Waals surface area contributed by atoms with E-state index in [0.717, 1.165) is 85.7 Å². The number of fused-ring (bicyclic) bond motifs is 2. The van der Waals surface area contributed by atoms with Crippen LogP contribution in [0.1, 0.15) is 73.4 Å². The van der Waals surface area contributed by atoms with Crippen molar-refractivity contribution in [3.05, 3.63) is 88.6 Å². The molecule has 6 heterocycles. The lowest BCUT2D eigenvalue weighted by atomic mass is 9.93. The fourth-order valence-corrected chi connectivity index (χ4v) is 6.35. The van der Waals surface area contributed by atoms with E-state index >= 15 is 0 Å². The fraction of sp³-hybridized carbons (Fsp3) is 0.429. The van der Waals surface area contributed by atoms with Gasteiger partial charge in [0.25, 0.3) is 0 Å². The average Bonchev–Trinajstić information content (AvgIpc) is 3.56. The molecule has 2 fully saturated rings. The van der Waals surface area contributed by atoms with E-state index in [4.69, 9.17) is 35.8 Å². The van der Waals surface area contributed by atoms with E-state index in [-0.39, 0.29) is 12.1 Å². The van der Waals surface area contributed by atoms with Crippen molar-refractivity contribution < 1.29 is 19.0 Å². The molecule has 7 rings (SSSR count). The smallest absolute Gasteiger partial charge is 0.338 e. The number of benzene rings is 1. The van der Waals surface area contributed by atoms with Crippen LogP contribution < -0.4 is 4.74 Å². The zero-order valence-electron chi connectivity index (χ0n) is 26.5. The number of esters is 1. The first kappa shape index (κ1) is 30.7. The van der Waals surface area contributed by atoms with Gasteiger partial charge in [-0.3, -0.25) is 4.90 Å². The van der Waals surface area contributed by atoms with Gasteiger partial charge in [0.05, 0.1) is 52.5 Å². The largest absolute Gasteiger partial charge is 0.473 e. The average molecular weight is 643 g/mol. The van der Waals surface area contributed by atoms with Crippen LogP contribution in [0.25, 0.3) is 16.6 Å². The summed E-state index contributed by atoms with van der Waals surface area (Å²) in [7, 11) is 0. The van der Waals surface area contributed by atoms with Crippen LogP contribution in [0.3, 0.4) is 0 Å². The third kappa shape index (κ3) is 6.74. The molecule has 2 aliphatic heterocycles. The molecule has 10 nitrogen and oxygen atoms in total. The van der Waals surface area contributed by atoms with Crippen LogP contribution >= 0.6 is 11.6 Å². The van der Waals surface area contributed by atoms with E-state index in [1.165, 1.54) is 0 Å². The molecule has 0 saturated carbocycles. The molecular weight excluding hydrogens is 604 g/mol. The Bertz CT molecular complexity index is 1870. The van der Waals surface area contributed by atoms with Gasteiger partial charge in [-0.2, -0.15) is 5.10 Å². The number of hydrogen-bond acceptors (Lipinski definition) is 8. The molecule has 0 unspecified atom stereocenters. The number of imidazole rings is 1. The Hall–Kier alpha value is -3.99. The number of piperidine rings is 1. The first-order chi connectivity index (χ1) is 22.2. The molecule has 1 aromatic carbocycles. The monoisotopic (exact) mass is 642 g/mol. The van der Waals surface area contributed by atoms with E-state index in [9.17, 15) is 4.79 Å². The molecule has 46 heavy (non-hydrogen) atoms. The lowest BCUT2D eigenvalue weighted by Crippen LogP contribution is -2.35. The standard InChI is InChI=1S/C35H39ClN6O4/c1-35(2,3)46-34(43)25-7-8-29-31(18-25)41(20-26-12-16-44-26)32(38-29)21-40-13-10-24(11-14-40)28-5-4-6-33(39-28)45-22-23-9-15-42-30(17-23)27(36)19-37-42/h4-9,15,17-19,24,26H,10-14,16,20-22H2,1-3H3/t26-/m0/s1. The minimum absolute atomic E-state index is 0.166. The molecule has 1 atom stereocenters. The van der Waals surface area contributed by atoms with Crippen LogP contribution in [-0.2, 0) is 29.2 Å². The maximum Gasteiger partial charge on any atom is 0.338 e. The van der Waals surface area contributed by atoms with E-state index in [2.05, 4.69) is 20.6 Å². The summed E-state index contributed by atoms with van der Waals surface area (Å²) < 4.78 is 21.5. The number of halogens is 1. The van der Waals surface area contributed by atoms with Gasteiger partial charge in [-0.05, 0) is 95.1 Å². The van der Waals surface area contributed by atoms with Crippen molar-refractivity contribution in [1.29, 1.82) is 0 Å². The molecule has 240 valence electrons. The van der Waals surface area contributed by atoms with Crippen LogP contribution in [-0.4, -0.2) is 66.4 Å². The topological polar surface area (TPSA) is 96.0 Å². The van der Waals surface area contributed by atoms with Gasteiger partial charge >= 0.3 is 5.97 Å². The summed E-state index contributed by atoms with van der Waals surface area (Å²) in [4.78, 5) is 25.2. The summed E-state index contributed by atoms with van der Waals surface area (Å²) in [5.74, 6) is 1.65. The molecule has 0 radical (unpaired) electrons. The Balaban J connectivity index is 1.01. The van der Waals surface area contributed by atoms with Gasteiger partial charge < -0.3 is 18.8 Å². The minimum Gasteiger partial charge on any atom is -0.473 e. The Morgan fingerprint density at radius 3 is 2.63 bits per heavy atom. The minimum atomic E-state index is -0.557. The first-order valence-electron chi connectivity index (χ1n) is 16.0. The van der Waals surface area contributed by atoms with Crippen LogP contribution in [0.15, 0.2) is 60.9 Å². The Kier molecular flexibility index (Phi) is 8.44. The molecule has 0 bridgehead atoms. The van der Waals surface area contributed by atoms with Crippen molar-refractivity contribution in [3.63, 3.8) is 0 Å². The molecule has 0 N–H and O–H groups in total. The zero-order chi connectivity index (χ0) is 31.8. The summed E-state index contributed by atoms with van der Waals surface area (Å²) in [5.41, 5.74) is 4.73. The highest BCUT2D eigenvalue weighted by Crippen LogP contribution is 2.30. The zero-order valence-corrected chi connectivity index (χ0v) is 27.2. The number of carbonyl (C=O) groups excluding carboxylic acids is 1. The number of likely N-dealkylation sites (tertiary alicyclic amines) is 1.